The Bertz CT molecular complexity index is 898. The molecule has 0 atom stereocenters. The van der Waals surface area contributed by atoms with Gasteiger partial charge in [0.25, 0.3) is 0 Å². The van der Waals surface area contributed by atoms with Gasteiger partial charge in [0.1, 0.15) is 5.75 Å². The maximum absolute atomic E-state index is 12.1. The van der Waals surface area contributed by atoms with Crippen LogP contribution in [0.25, 0.3) is 0 Å². The summed E-state index contributed by atoms with van der Waals surface area (Å²) < 4.78 is 33.0. The number of ether oxygens (including phenoxy) is 2. The summed E-state index contributed by atoms with van der Waals surface area (Å²) in [5.41, 5.74) is 1.42. The van der Waals surface area contributed by atoms with Crippen LogP contribution in [0.1, 0.15) is 26.3 Å². The van der Waals surface area contributed by atoms with Gasteiger partial charge in [-0.3, -0.25) is 4.79 Å². The van der Waals surface area contributed by atoms with Crippen LogP contribution in [0.15, 0.2) is 47.4 Å². The van der Waals surface area contributed by atoms with Gasteiger partial charge in [-0.2, -0.15) is 0 Å². The zero-order chi connectivity index (χ0) is 18.6. The molecule has 0 aliphatic carbocycles. The summed E-state index contributed by atoms with van der Waals surface area (Å²) >= 11 is 0. The van der Waals surface area contributed by atoms with Crippen molar-refractivity contribution in [3.05, 3.63) is 59.2 Å². The highest BCUT2D eigenvalue weighted by atomic mass is 32.2. The molecule has 132 valence electrons. The number of carbonyl (C=O) groups is 2. The van der Waals surface area contributed by atoms with Crippen LogP contribution in [0.2, 0.25) is 0 Å². The molecule has 0 aliphatic rings. The van der Waals surface area contributed by atoms with Crippen LogP contribution < -0.4 is 4.74 Å². The molecule has 0 fully saturated rings. The molecule has 0 radical (unpaired) electrons. The van der Waals surface area contributed by atoms with Crippen molar-refractivity contribution in [2.24, 2.45) is 0 Å². The molecule has 0 bridgehead atoms. The average Bonchev–Trinajstić information content (AvgIpc) is 2.59. The monoisotopic (exact) mass is 362 g/mol. The molecular formula is C18H18O6S. The molecule has 2 aromatic rings. The van der Waals surface area contributed by atoms with E-state index in [0.29, 0.717) is 5.75 Å². The molecule has 0 saturated heterocycles. The van der Waals surface area contributed by atoms with Gasteiger partial charge in [-0.15, -0.1) is 0 Å². The molecular weight excluding hydrogens is 344 g/mol. The predicted octanol–water partition coefficient (Wildman–Crippen LogP) is 2.45. The first kappa shape index (κ1) is 18.7. The van der Waals surface area contributed by atoms with E-state index >= 15 is 0 Å². The number of aryl methyl sites for hydroxylation is 1. The van der Waals surface area contributed by atoms with Gasteiger partial charge in [0, 0.05) is 11.8 Å². The van der Waals surface area contributed by atoms with Crippen molar-refractivity contribution < 1.29 is 27.5 Å². The number of hydrogen-bond acceptors (Lipinski definition) is 6. The number of esters is 1. The highest BCUT2D eigenvalue weighted by Crippen LogP contribution is 2.19. The van der Waals surface area contributed by atoms with E-state index in [4.69, 9.17) is 9.47 Å². The van der Waals surface area contributed by atoms with Crippen molar-refractivity contribution in [2.45, 2.75) is 11.8 Å². The SMILES string of the molecule is COc1cc(C(=O)OCC(=O)c2ccc(S(C)(=O)=O)cc2)ccc1C. The predicted molar refractivity (Wildman–Crippen MR) is 91.9 cm³/mol. The van der Waals surface area contributed by atoms with Gasteiger partial charge in [-0.05, 0) is 48.9 Å². The molecule has 0 aliphatic heterocycles. The van der Waals surface area contributed by atoms with E-state index in [1.165, 1.54) is 31.4 Å². The van der Waals surface area contributed by atoms with E-state index in [1.807, 2.05) is 6.92 Å². The molecule has 0 unspecified atom stereocenters. The number of hydrogen-bond donors (Lipinski definition) is 0. The van der Waals surface area contributed by atoms with Crippen LogP contribution in [0, 0.1) is 6.92 Å². The third-order valence-corrected chi connectivity index (χ3v) is 4.71. The van der Waals surface area contributed by atoms with Crippen LogP contribution >= 0.6 is 0 Å². The van der Waals surface area contributed by atoms with E-state index in [2.05, 4.69) is 0 Å². The van der Waals surface area contributed by atoms with Gasteiger partial charge in [-0.1, -0.05) is 6.07 Å². The number of rotatable bonds is 6. The largest absolute Gasteiger partial charge is 0.496 e. The van der Waals surface area contributed by atoms with Crippen molar-refractivity contribution in [3.63, 3.8) is 0 Å². The Morgan fingerprint density at radius 1 is 1.00 bits per heavy atom. The second-order valence-electron chi connectivity index (χ2n) is 5.48. The topological polar surface area (TPSA) is 86.7 Å². The zero-order valence-corrected chi connectivity index (χ0v) is 14.9. The Labute approximate surface area is 146 Å². The van der Waals surface area contributed by atoms with Crippen molar-refractivity contribution >= 4 is 21.6 Å². The summed E-state index contributed by atoms with van der Waals surface area (Å²) in [5.74, 6) is -0.510. The number of Topliss-reactive ketones (excluding diaryl/α,β-unsaturated/α-hetero) is 1. The third kappa shape index (κ3) is 4.67. The highest BCUT2D eigenvalue weighted by molar-refractivity contribution is 7.90. The first-order valence-corrected chi connectivity index (χ1v) is 9.26. The minimum absolute atomic E-state index is 0.118. The van der Waals surface area contributed by atoms with Crippen molar-refractivity contribution in [2.75, 3.05) is 20.0 Å². The molecule has 0 spiro atoms. The van der Waals surface area contributed by atoms with Gasteiger partial charge < -0.3 is 9.47 Å². The lowest BCUT2D eigenvalue weighted by Gasteiger charge is -2.08. The fourth-order valence-electron chi connectivity index (χ4n) is 2.13. The van der Waals surface area contributed by atoms with Gasteiger partial charge in [0.15, 0.2) is 22.2 Å². The quantitative estimate of drug-likeness (QED) is 0.579. The molecule has 7 heteroatoms. The summed E-state index contributed by atoms with van der Waals surface area (Å²) in [6, 6.07) is 10.3. The standard InChI is InChI=1S/C18H18O6S/c1-12-4-5-14(10-17(12)23-2)18(20)24-11-16(19)13-6-8-15(9-7-13)25(3,21)22/h4-10H,11H2,1-3H3. The van der Waals surface area contributed by atoms with Crippen LogP contribution in [0.4, 0.5) is 0 Å². The summed E-state index contributed by atoms with van der Waals surface area (Å²) in [4.78, 5) is 24.2. The van der Waals surface area contributed by atoms with Gasteiger partial charge >= 0.3 is 5.97 Å². The minimum Gasteiger partial charge on any atom is -0.496 e. The van der Waals surface area contributed by atoms with Crippen molar-refractivity contribution in [1.29, 1.82) is 0 Å². The van der Waals surface area contributed by atoms with Crippen molar-refractivity contribution in [3.8, 4) is 5.75 Å². The number of benzene rings is 2. The summed E-state index contributed by atoms with van der Waals surface area (Å²) in [5, 5.41) is 0. The molecule has 0 amide bonds. The molecule has 0 saturated carbocycles. The van der Waals surface area contributed by atoms with Gasteiger partial charge in [0.2, 0.25) is 0 Å². The Kier molecular flexibility index (Phi) is 5.58. The summed E-state index contributed by atoms with van der Waals surface area (Å²) in [6.45, 7) is 1.41. The van der Waals surface area contributed by atoms with Crippen LogP contribution in [-0.2, 0) is 14.6 Å². The lowest BCUT2D eigenvalue weighted by atomic mass is 10.1. The number of ketones is 1. The fourth-order valence-corrected chi connectivity index (χ4v) is 2.76. The smallest absolute Gasteiger partial charge is 0.338 e. The number of sulfone groups is 1. The molecule has 0 heterocycles. The van der Waals surface area contributed by atoms with Crippen LogP contribution in [0.3, 0.4) is 0 Å². The van der Waals surface area contributed by atoms with Crippen LogP contribution in [0.5, 0.6) is 5.75 Å². The first-order chi connectivity index (χ1) is 11.7. The highest BCUT2D eigenvalue weighted by Gasteiger charge is 2.14. The Balaban J connectivity index is 2.03. The Morgan fingerprint density at radius 2 is 1.60 bits per heavy atom. The molecule has 6 nitrogen and oxygen atoms in total. The van der Waals surface area contributed by atoms with E-state index in [1.54, 1.807) is 18.2 Å². The Morgan fingerprint density at radius 3 is 2.16 bits per heavy atom. The van der Waals surface area contributed by atoms with Gasteiger partial charge in [-0.25, -0.2) is 13.2 Å². The Hall–Kier alpha value is -2.67. The lowest BCUT2D eigenvalue weighted by Crippen LogP contribution is -2.14. The zero-order valence-electron chi connectivity index (χ0n) is 14.1. The van der Waals surface area contributed by atoms with E-state index in [-0.39, 0.29) is 16.0 Å². The number of carbonyl (C=O) groups excluding carboxylic acids is 2. The van der Waals surface area contributed by atoms with Crippen molar-refractivity contribution in [1.82, 2.24) is 0 Å². The second kappa shape index (κ2) is 7.48. The molecule has 0 N–H and O–H groups in total. The number of methoxy groups -OCH3 is 1. The summed E-state index contributed by atoms with van der Waals surface area (Å²) in [7, 11) is -1.82. The fraction of sp³-hybridized carbons (Fsp3) is 0.222. The second-order valence-corrected chi connectivity index (χ2v) is 7.50. The lowest BCUT2D eigenvalue weighted by molar-refractivity contribution is 0.0474. The van der Waals surface area contributed by atoms with Crippen LogP contribution in [-0.4, -0.2) is 40.1 Å². The molecule has 2 aromatic carbocycles. The maximum atomic E-state index is 12.1. The molecule has 0 aromatic heterocycles. The maximum Gasteiger partial charge on any atom is 0.338 e. The molecule has 25 heavy (non-hydrogen) atoms. The average molecular weight is 362 g/mol. The summed E-state index contributed by atoms with van der Waals surface area (Å²) in [6.07, 6.45) is 1.08. The normalized spacial score (nSPS) is 11.0. The molecule has 2 rings (SSSR count). The van der Waals surface area contributed by atoms with E-state index in [9.17, 15) is 18.0 Å². The minimum atomic E-state index is -3.33. The third-order valence-electron chi connectivity index (χ3n) is 3.58. The first-order valence-electron chi connectivity index (χ1n) is 7.37. The van der Waals surface area contributed by atoms with E-state index < -0.39 is 28.2 Å². The van der Waals surface area contributed by atoms with E-state index in [0.717, 1.165) is 11.8 Å². The van der Waals surface area contributed by atoms with Gasteiger partial charge in [0.05, 0.1) is 17.6 Å².